The number of halogens is 3. The van der Waals surface area contributed by atoms with Crippen LogP contribution in [0.3, 0.4) is 0 Å². The van der Waals surface area contributed by atoms with Crippen LogP contribution >= 0.6 is 0 Å². The molecule has 0 aromatic rings. The molecule has 4 nitrogen and oxygen atoms in total. The maximum absolute atomic E-state index is 12.0. The number of nitrogens with one attached hydrogen (secondary N) is 2. The summed E-state index contributed by atoms with van der Waals surface area (Å²) in [5, 5.41) is 5.68. The number of amides is 2. The van der Waals surface area contributed by atoms with Crippen LogP contribution in [0.15, 0.2) is 0 Å². The zero-order valence-electron chi connectivity index (χ0n) is 13.5. The van der Waals surface area contributed by atoms with Gasteiger partial charge in [0.05, 0.1) is 6.61 Å². The largest absolute Gasteiger partial charge is 0.411 e. The lowest BCUT2D eigenvalue weighted by Gasteiger charge is -2.30. The molecule has 0 saturated heterocycles. The molecule has 0 heterocycles. The van der Waals surface area contributed by atoms with Crippen molar-refractivity contribution in [2.45, 2.75) is 63.6 Å². The van der Waals surface area contributed by atoms with Crippen LogP contribution in [0.4, 0.5) is 18.0 Å². The van der Waals surface area contributed by atoms with Crippen molar-refractivity contribution < 1.29 is 22.7 Å². The average molecular weight is 336 g/mol. The lowest BCUT2D eigenvalue weighted by molar-refractivity contribution is -0.173. The highest BCUT2D eigenvalue weighted by Crippen LogP contribution is 2.37. The molecular weight excluding hydrogens is 309 g/mol. The van der Waals surface area contributed by atoms with E-state index < -0.39 is 12.8 Å². The van der Waals surface area contributed by atoms with Gasteiger partial charge in [-0.25, -0.2) is 4.79 Å². The van der Waals surface area contributed by atoms with Gasteiger partial charge in [0, 0.05) is 12.6 Å². The quantitative estimate of drug-likeness (QED) is 0.698. The highest BCUT2D eigenvalue weighted by atomic mass is 19.4. The van der Waals surface area contributed by atoms with Crippen LogP contribution in [0.1, 0.15) is 51.4 Å². The Labute approximate surface area is 135 Å². The van der Waals surface area contributed by atoms with Gasteiger partial charge in [0.15, 0.2) is 0 Å². The maximum atomic E-state index is 12.0. The van der Waals surface area contributed by atoms with Gasteiger partial charge in [0.25, 0.3) is 0 Å². The molecule has 2 aliphatic carbocycles. The van der Waals surface area contributed by atoms with Crippen LogP contribution in [0.5, 0.6) is 0 Å². The fourth-order valence-electron chi connectivity index (χ4n) is 3.88. The molecule has 2 aliphatic rings. The summed E-state index contributed by atoms with van der Waals surface area (Å²) < 4.78 is 40.3. The first-order valence-electron chi connectivity index (χ1n) is 8.64. The van der Waals surface area contributed by atoms with Crippen molar-refractivity contribution in [3.8, 4) is 0 Å². The molecule has 0 aliphatic heterocycles. The fourth-order valence-corrected chi connectivity index (χ4v) is 3.88. The summed E-state index contributed by atoms with van der Waals surface area (Å²) in [5.41, 5.74) is 0. The molecule has 2 fully saturated rings. The molecule has 2 amide bonds. The summed E-state index contributed by atoms with van der Waals surface area (Å²) in [4.78, 5) is 12.0. The third-order valence-electron chi connectivity index (χ3n) is 4.91. The van der Waals surface area contributed by atoms with Gasteiger partial charge >= 0.3 is 12.2 Å². The van der Waals surface area contributed by atoms with Crippen LogP contribution in [-0.4, -0.2) is 38.0 Å². The van der Waals surface area contributed by atoms with E-state index in [1.54, 1.807) is 0 Å². The van der Waals surface area contributed by atoms with E-state index in [0.29, 0.717) is 11.8 Å². The van der Waals surface area contributed by atoms with Crippen molar-refractivity contribution >= 4 is 6.03 Å². The van der Waals surface area contributed by atoms with Crippen molar-refractivity contribution in [1.82, 2.24) is 10.6 Å². The van der Waals surface area contributed by atoms with Crippen molar-refractivity contribution in [3.63, 3.8) is 0 Å². The van der Waals surface area contributed by atoms with Crippen LogP contribution in [0, 0.1) is 11.8 Å². The second-order valence-corrected chi connectivity index (χ2v) is 6.68. The number of alkyl halides is 3. The Morgan fingerprint density at radius 1 is 1.04 bits per heavy atom. The highest BCUT2D eigenvalue weighted by molar-refractivity contribution is 5.74. The van der Waals surface area contributed by atoms with Crippen LogP contribution < -0.4 is 10.6 Å². The summed E-state index contributed by atoms with van der Waals surface area (Å²) >= 11 is 0. The van der Waals surface area contributed by atoms with Crippen molar-refractivity contribution in [2.75, 3.05) is 19.8 Å². The third kappa shape index (κ3) is 6.57. The number of hydrogen-bond acceptors (Lipinski definition) is 2. The van der Waals surface area contributed by atoms with Gasteiger partial charge in [0.1, 0.15) is 6.61 Å². The Bertz CT molecular complexity index is 349. The highest BCUT2D eigenvalue weighted by Gasteiger charge is 2.34. The molecule has 0 atom stereocenters. The van der Waals surface area contributed by atoms with E-state index in [2.05, 4.69) is 15.4 Å². The number of hydrogen-bond donors (Lipinski definition) is 2. The van der Waals surface area contributed by atoms with Gasteiger partial charge in [0.2, 0.25) is 0 Å². The number of ether oxygens (including phenoxy) is 1. The van der Waals surface area contributed by atoms with Gasteiger partial charge in [-0.2, -0.15) is 13.2 Å². The van der Waals surface area contributed by atoms with E-state index in [1.807, 2.05) is 0 Å². The molecule has 134 valence electrons. The molecule has 0 aromatic carbocycles. The second-order valence-electron chi connectivity index (χ2n) is 6.68. The zero-order valence-corrected chi connectivity index (χ0v) is 13.5. The number of carbonyl (C=O) groups is 1. The summed E-state index contributed by atoms with van der Waals surface area (Å²) in [6, 6.07) is -0.0829. The first-order valence-corrected chi connectivity index (χ1v) is 8.64. The molecule has 7 heteroatoms. The van der Waals surface area contributed by atoms with Crippen LogP contribution in [-0.2, 0) is 4.74 Å². The van der Waals surface area contributed by atoms with Crippen LogP contribution in [0.25, 0.3) is 0 Å². The first kappa shape index (κ1) is 18.4. The van der Waals surface area contributed by atoms with E-state index in [1.165, 1.54) is 25.7 Å². The number of rotatable bonds is 7. The van der Waals surface area contributed by atoms with Crippen molar-refractivity contribution in [3.05, 3.63) is 0 Å². The molecule has 0 unspecified atom stereocenters. The molecule has 0 radical (unpaired) electrons. The minimum absolute atomic E-state index is 0.0873. The molecular formula is C16H27F3N2O2. The topological polar surface area (TPSA) is 50.4 Å². The second kappa shape index (κ2) is 8.76. The molecule has 0 bridgehead atoms. The smallest absolute Gasteiger partial charge is 0.370 e. The molecule has 2 saturated carbocycles. The van der Waals surface area contributed by atoms with E-state index in [0.717, 1.165) is 25.7 Å². The summed E-state index contributed by atoms with van der Waals surface area (Å²) in [7, 11) is 0. The first-order chi connectivity index (χ1) is 11.0. The Morgan fingerprint density at radius 3 is 2.04 bits per heavy atom. The SMILES string of the molecule is O=C(NCCOCC(F)(F)F)NC(C1CCCC1)C1CCCC1. The Balaban J connectivity index is 1.70. The monoisotopic (exact) mass is 336 g/mol. The molecule has 23 heavy (non-hydrogen) atoms. The van der Waals surface area contributed by atoms with E-state index in [4.69, 9.17) is 0 Å². The normalized spacial score (nSPS) is 20.3. The number of urea groups is 1. The van der Waals surface area contributed by atoms with E-state index >= 15 is 0 Å². The lowest BCUT2D eigenvalue weighted by atomic mass is 9.86. The predicted octanol–water partition coefficient (Wildman–Crippen LogP) is 3.61. The molecule has 2 rings (SSSR count). The van der Waals surface area contributed by atoms with Gasteiger partial charge in [-0.3, -0.25) is 0 Å². The Morgan fingerprint density at radius 2 is 1.57 bits per heavy atom. The van der Waals surface area contributed by atoms with Crippen LogP contribution in [0.2, 0.25) is 0 Å². The Hall–Kier alpha value is -0.980. The molecule has 0 spiro atoms. The predicted molar refractivity (Wildman–Crippen MR) is 81.1 cm³/mol. The average Bonchev–Trinajstić information content (AvgIpc) is 3.16. The van der Waals surface area contributed by atoms with Gasteiger partial charge in [-0.15, -0.1) is 0 Å². The third-order valence-corrected chi connectivity index (χ3v) is 4.91. The number of carbonyl (C=O) groups excluding carboxylic acids is 1. The van der Waals surface area contributed by atoms with Crippen molar-refractivity contribution in [1.29, 1.82) is 0 Å². The maximum Gasteiger partial charge on any atom is 0.411 e. The standard InChI is InChI=1S/C16H27F3N2O2/c17-16(18,19)11-23-10-9-20-15(22)21-14(12-5-1-2-6-12)13-7-3-4-8-13/h12-14H,1-11H2,(H2,20,21,22). The van der Waals surface area contributed by atoms with Crippen molar-refractivity contribution in [2.24, 2.45) is 11.8 Å². The zero-order chi connectivity index (χ0) is 16.7. The van der Waals surface area contributed by atoms with Gasteiger partial charge in [-0.05, 0) is 37.5 Å². The molecule has 0 aromatic heterocycles. The van der Waals surface area contributed by atoms with E-state index in [-0.39, 0.29) is 25.2 Å². The minimum atomic E-state index is -4.32. The van der Waals surface area contributed by atoms with Gasteiger partial charge in [-0.1, -0.05) is 25.7 Å². The summed E-state index contributed by atoms with van der Waals surface area (Å²) in [6.45, 7) is -1.32. The van der Waals surface area contributed by atoms with Gasteiger partial charge < -0.3 is 15.4 Å². The fraction of sp³-hybridized carbons (Fsp3) is 0.938. The lowest BCUT2D eigenvalue weighted by Crippen LogP contribution is -2.49. The Kier molecular flexibility index (Phi) is 6.99. The van der Waals surface area contributed by atoms with E-state index in [9.17, 15) is 18.0 Å². The minimum Gasteiger partial charge on any atom is -0.370 e. The molecule has 2 N–H and O–H groups in total. The summed E-state index contributed by atoms with van der Waals surface area (Å²) in [5.74, 6) is 1.09. The summed E-state index contributed by atoms with van der Waals surface area (Å²) in [6.07, 6.45) is 5.23.